The van der Waals surface area contributed by atoms with Gasteiger partial charge in [-0.2, -0.15) is 5.26 Å². The van der Waals surface area contributed by atoms with Gasteiger partial charge in [0.05, 0.1) is 11.0 Å². The molecule has 6 heteroatoms. The van der Waals surface area contributed by atoms with Crippen molar-refractivity contribution in [3.8, 4) is 17.9 Å². The summed E-state index contributed by atoms with van der Waals surface area (Å²) < 4.78 is 1.65. The lowest BCUT2D eigenvalue weighted by Crippen LogP contribution is -2.66. The average molecular weight is 642 g/mol. The van der Waals surface area contributed by atoms with Gasteiger partial charge in [0.15, 0.2) is 17.4 Å². The molecule has 0 amide bonds. The van der Waals surface area contributed by atoms with Crippen LogP contribution in [0.15, 0.2) is 66.0 Å². The van der Waals surface area contributed by atoms with E-state index in [1.807, 2.05) is 56.3 Å². The summed E-state index contributed by atoms with van der Waals surface area (Å²) in [6, 6.07) is 11.9. The summed E-state index contributed by atoms with van der Waals surface area (Å²) in [6.07, 6.45) is 12.8. The van der Waals surface area contributed by atoms with Crippen LogP contribution in [0.4, 0.5) is 0 Å². The molecular formula is C42H47N3O3. The molecule has 7 atom stereocenters. The number of hydrogen-bond donors (Lipinski definition) is 0. The van der Waals surface area contributed by atoms with Gasteiger partial charge in [-0.15, -0.1) is 0 Å². The Hall–Kier alpha value is -4.03. The molecule has 0 spiro atoms. The molecule has 0 N–H and O–H groups in total. The lowest BCUT2D eigenvalue weighted by Gasteiger charge is -2.69. The smallest absolute Gasteiger partial charge is 0.239 e. The predicted molar refractivity (Wildman–Crippen MR) is 184 cm³/mol. The van der Waals surface area contributed by atoms with Crippen molar-refractivity contribution in [1.82, 2.24) is 9.55 Å². The number of carbonyl (C=O) groups excluding carboxylic acids is 3. The van der Waals surface area contributed by atoms with E-state index in [2.05, 4.69) is 57.5 Å². The number of imidazole rings is 1. The molecule has 5 aliphatic carbocycles. The Balaban J connectivity index is 1.34. The van der Waals surface area contributed by atoms with Gasteiger partial charge in [0, 0.05) is 34.7 Å². The Morgan fingerprint density at radius 3 is 2.35 bits per heavy atom. The minimum absolute atomic E-state index is 0.00333. The van der Waals surface area contributed by atoms with Crippen LogP contribution >= 0.6 is 0 Å². The third-order valence-electron chi connectivity index (χ3n) is 14.2. The number of carbonyl (C=O) groups is 3. The highest BCUT2D eigenvalue weighted by Gasteiger charge is 2.71. The first-order valence-corrected chi connectivity index (χ1v) is 17.6. The van der Waals surface area contributed by atoms with Crippen LogP contribution in [0.5, 0.6) is 0 Å². The van der Waals surface area contributed by atoms with Crippen molar-refractivity contribution in [2.45, 2.75) is 93.4 Å². The standard InChI is InChI=1S/C42H47N3O3/c1-37(2)17-19-42(36(48)45-22-21-44-33(45)14-13-27-11-9-8-10-12-27)20-18-41(7)34(29(42)25-37)30(46)23-32-39(5)24-28(26-43)35(47)38(3,4)31(39)15-16-40(32,41)6/h8-12,21-24,29,31,34H,15-20,25H2,1-7H3/t29-,31-,34-,39-,40+,41+,42-/m0/s1. The van der Waals surface area contributed by atoms with E-state index in [-0.39, 0.29) is 57.0 Å². The highest BCUT2D eigenvalue weighted by molar-refractivity contribution is 6.04. The van der Waals surface area contributed by atoms with Crippen LogP contribution in [-0.2, 0) is 9.59 Å². The normalized spacial score (nSPS) is 37.6. The van der Waals surface area contributed by atoms with E-state index in [9.17, 15) is 19.6 Å². The first-order chi connectivity index (χ1) is 22.5. The van der Waals surface area contributed by atoms with Crippen molar-refractivity contribution in [2.24, 2.45) is 50.2 Å². The van der Waals surface area contributed by atoms with Crippen LogP contribution in [0.2, 0.25) is 0 Å². The summed E-state index contributed by atoms with van der Waals surface area (Å²) in [7, 11) is 0. The van der Waals surface area contributed by atoms with E-state index in [4.69, 9.17) is 0 Å². The van der Waals surface area contributed by atoms with E-state index in [0.717, 1.165) is 49.7 Å². The summed E-state index contributed by atoms with van der Waals surface area (Å²) >= 11 is 0. The van der Waals surface area contributed by atoms with E-state index < -0.39 is 16.2 Å². The third kappa shape index (κ3) is 4.30. The molecule has 7 rings (SSSR count). The lowest BCUT2D eigenvalue weighted by atomic mass is 9.34. The van der Waals surface area contributed by atoms with E-state index in [0.29, 0.717) is 12.2 Å². The monoisotopic (exact) mass is 641 g/mol. The Kier molecular flexibility index (Phi) is 7.10. The van der Waals surface area contributed by atoms with Crippen LogP contribution in [0.3, 0.4) is 0 Å². The molecule has 0 unspecified atom stereocenters. The van der Waals surface area contributed by atoms with Crippen molar-refractivity contribution in [2.75, 3.05) is 0 Å². The molecule has 1 heterocycles. The second kappa shape index (κ2) is 10.5. The van der Waals surface area contributed by atoms with Gasteiger partial charge < -0.3 is 0 Å². The lowest BCUT2D eigenvalue weighted by molar-refractivity contribution is -0.164. The fourth-order valence-corrected chi connectivity index (χ4v) is 11.5. The summed E-state index contributed by atoms with van der Waals surface area (Å²) in [4.78, 5) is 47.8. The molecule has 48 heavy (non-hydrogen) atoms. The number of Topliss-reactive ketones (excluding diaryl/α,β-unsaturated/α-hetero) is 1. The average Bonchev–Trinajstić information content (AvgIpc) is 3.51. The van der Waals surface area contributed by atoms with E-state index in [1.165, 1.54) is 0 Å². The Morgan fingerprint density at radius 2 is 1.65 bits per heavy atom. The van der Waals surface area contributed by atoms with E-state index in [1.54, 1.807) is 17.0 Å². The molecule has 248 valence electrons. The fourth-order valence-electron chi connectivity index (χ4n) is 11.5. The second-order valence-electron chi connectivity index (χ2n) is 17.5. The zero-order chi connectivity index (χ0) is 34.5. The number of fused-ring (bicyclic) bond motifs is 7. The molecule has 0 bridgehead atoms. The topological polar surface area (TPSA) is 92.8 Å². The maximum absolute atomic E-state index is 15.0. The Morgan fingerprint density at radius 1 is 0.938 bits per heavy atom. The van der Waals surface area contributed by atoms with Crippen LogP contribution in [0, 0.1) is 73.4 Å². The maximum atomic E-state index is 15.0. The molecule has 1 aromatic heterocycles. The molecular weight excluding hydrogens is 594 g/mol. The molecule has 1 aromatic carbocycles. The predicted octanol–water partition coefficient (Wildman–Crippen LogP) is 8.14. The third-order valence-corrected chi connectivity index (χ3v) is 14.2. The number of ketones is 2. The summed E-state index contributed by atoms with van der Waals surface area (Å²) in [5.74, 6) is 6.32. The van der Waals surface area contributed by atoms with Gasteiger partial charge in [0.2, 0.25) is 5.91 Å². The molecule has 6 nitrogen and oxygen atoms in total. The molecule has 0 saturated heterocycles. The molecule has 5 aliphatic rings. The van der Waals surface area contributed by atoms with Crippen molar-refractivity contribution in [3.05, 3.63) is 77.4 Å². The second-order valence-corrected chi connectivity index (χ2v) is 17.5. The van der Waals surface area contributed by atoms with Crippen LogP contribution in [-0.4, -0.2) is 27.0 Å². The maximum Gasteiger partial charge on any atom is 0.239 e. The van der Waals surface area contributed by atoms with Gasteiger partial charge >= 0.3 is 0 Å². The summed E-state index contributed by atoms with van der Waals surface area (Å²) in [5, 5.41) is 10.0. The first-order valence-electron chi connectivity index (χ1n) is 17.6. The zero-order valence-electron chi connectivity index (χ0n) is 29.4. The first kappa shape index (κ1) is 32.5. The van der Waals surface area contributed by atoms with Crippen molar-refractivity contribution >= 4 is 17.5 Å². The van der Waals surface area contributed by atoms with Gasteiger partial charge in [-0.05, 0) is 97.2 Å². The molecule has 3 fully saturated rings. The van der Waals surface area contributed by atoms with Crippen molar-refractivity contribution in [1.29, 1.82) is 5.26 Å². The van der Waals surface area contributed by atoms with Crippen LogP contribution in [0.1, 0.15) is 110 Å². The molecule has 0 radical (unpaired) electrons. The van der Waals surface area contributed by atoms with Gasteiger partial charge in [0.25, 0.3) is 0 Å². The van der Waals surface area contributed by atoms with Gasteiger partial charge in [-0.3, -0.25) is 19.0 Å². The van der Waals surface area contributed by atoms with Gasteiger partial charge in [-0.1, -0.05) is 84.2 Å². The number of nitrogens with zero attached hydrogens (tertiary/aromatic N) is 3. The zero-order valence-corrected chi connectivity index (χ0v) is 29.4. The Bertz CT molecular complexity index is 1910. The van der Waals surface area contributed by atoms with Crippen LogP contribution < -0.4 is 0 Å². The fraction of sp³-hybridized carbons (Fsp3) is 0.548. The number of rotatable bonds is 1. The summed E-state index contributed by atoms with van der Waals surface area (Å²) in [6.45, 7) is 15.3. The molecule has 3 saturated carbocycles. The van der Waals surface area contributed by atoms with Crippen molar-refractivity contribution in [3.63, 3.8) is 0 Å². The van der Waals surface area contributed by atoms with Gasteiger partial charge in [0.1, 0.15) is 6.07 Å². The number of hydrogen-bond acceptors (Lipinski definition) is 5. The van der Waals surface area contributed by atoms with E-state index >= 15 is 0 Å². The number of allylic oxidation sites excluding steroid dienone is 4. The Labute approximate surface area is 285 Å². The summed E-state index contributed by atoms with van der Waals surface area (Å²) in [5.41, 5.74) is -0.576. The highest BCUT2D eigenvalue weighted by atomic mass is 16.2. The minimum Gasteiger partial charge on any atom is -0.295 e. The molecule has 2 aromatic rings. The number of benzene rings is 1. The number of nitriles is 1. The highest BCUT2D eigenvalue weighted by Crippen LogP contribution is 2.74. The van der Waals surface area contributed by atoms with Gasteiger partial charge in [-0.25, -0.2) is 4.98 Å². The number of aromatic nitrogens is 2. The SMILES string of the molecule is CC1(C)CC[C@]2(C(=O)n3ccnc3C#Cc3ccccc3)CC[C@]3(C)[C@H](C(=O)C=C4[C@@]5(C)C=C(C#N)C(=O)C(C)(C)[C@@H]5CC[C@]43C)[C@@H]2C1. The van der Waals surface area contributed by atoms with Crippen molar-refractivity contribution < 1.29 is 14.4 Å². The molecule has 0 aliphatic heterocycles. The largest absolute Gasteiger partial charge is 0.295 e. The quantitative estimate of drug-likeness (QED) is 0.293. The van der Waals surface area contributed by atoms with Crippen LogP contribution in [0.25, 0.3) is 0 Å². The minimum atomic E-state index is -0.703.